The number of imide groups is 1. The summed E-state index contributed by atoms with van der Waals surface area (Å²) in [5.41, 5.74) is 1.15. The lowest BCUT2D eigenvalue weighted by molar-refractivity contribution is -0.148. The van der Waals surface area contributed by atoms with Gasteiger partial charge in [-0.3, -0.25) is 43.3 Å². The maximum Gasteiger partial charge on any atom is 0.308 e. The van der Waals surface area contributed by atoms with Gasteiger partial charge < -0.3 is 31.1 Å². The Bertz CT molecular complexity index is 1290. The first kappa shape index (κ1) is 35.1. The van der Waals surface area contributed by atoms with Crippen molar-refractivity contribution in [3.63, 3.8) is 0 Å². The SMILES string of the molecule is CC(C)C(=O)OCc1ccc(NC(=O)CNC(=O)C(NC(=O)C(CCC(=O)O)NC(=O)CN2C(=O)C=CC2=O)C(C)C)cc1. The summed E-state index contributed by atoms with van der Waals surface area (Å²) in [4.78, 5) is 97.7. The number of hydrogen-bond acceptors (Lipinski definition) is 9. The maximum absolute atomic E-state index is 13.0. The Kier molecular flexibility index (Phi) is 13.2. The topological polar surface area (TPSA) is 217 Å². The van der Waals surface area contributed by atoms with E-state index in [0.717, 1.165) is 12.2 Å². The number of nitrogens with one attached hydrogen (secondary N) is 4. The number of rotatable bonds is 16. The number of anilines is 1. The average molecular weight is 616 g/mol. The van der Waals surface area contributed by atoms with Gasteiger partial charge in [-0.05, 0) is 30.0 Å². The Morgan fingerprint density at radius 3 is 2.02 bits per heavy atom. The van der Waals surface area contributed by atoms with E-state index >= 15 is 0 Å². The molecule has 1 aromatic rings. The molecule has 2 unspecified atom stereocenters. The minimum absolute atomic E-state index is 0.0831. The van der Waals surface area contributed by atoms with E-state index in [-0.39, 0.29) is 24.9 Å². The zero-order chi connectivity index (χ0) is 33.0. The lowest BCUT2D eigenvalue weighted by Gasteiger charge is -2.25. The number of aliphatic carboxylic acids is 1. The van der Waals surface area contributed by atoms with Gasteiger partial charge in [0.2, 0.25) is 23.6 Å². The van der Waals surface area contributed by atoms with Gasteiger partial charge in [0.15, 0.2) is 0 Å². The molecule has 15 nitrogen and oxygen atoms in total. The maximum atomic E-state index is 13.0. The fourth-order valence-corrected chi connectivity index (χ4v) is 3.78. The number of nitrogens with zero attached hydrogens (tertiary/aromatic N) is 1. The van der Waals surface area contributed by atoms with Crippen LogP contribution in [0.4, 0.5) is 5.69 Å². The van der Waals surface area contributed by atoms with Crippen LogP contribution in [0.3, 0.4) is 0 Å². The molecule has 0 saturated carbocycles. The highest BCUT2D eigenvalue weighted by Gasteiger charge is 2.31. The molecule has 0 spiro atoms. The van der Waals surface area contributed by atoms with Crippen molar-refractivity contribution in [1.29, 1.82) is 0 Å². The van der Waals surface area contributed by atoms with Crippen LogP contribution < -0.4 is 21.3 Å². The third-order valence-electron chi connectivity index (χ3n) is 6.26. The molecule has 0 saturated heterocycles. The number of ether oxygens (including phenoxy) is 1. The molecule has 2 rings (SSSR count). The summed E-state index contributed by atoms with van der Waals surface area (Å²) in [6.45, 7) is 5.68. The van der Waals surface area contributed by atoms with Crippen LogP contribution in [0.25, 0.3) is 0 Å². The van der Waals surface area contributed by atoms with Crippen LogP contribution in [-0.2, 0) is 49.7 Å². The number of carboxylic acids is 1. The molecule has 6 amide bonds. The number of benzene rings is 1. The Labute approximate surface area is 253 Å². The Morgan fingerprint density at radius 2 is 1.48 bits per heavy atom. The van der Waals surface area contributed by atoms with E-state index in [2.05, 4.69) is 21.3 Å². The normalized spacial score (nSPS) is 13.8. The molecular formula is C29H37N5O10. The summed E-state index contributed by atoms with van der Waals surface area (Å²) in [7, 11) is 0. The second kappa shape index (κ2) is 16.5. The van der Waals surface area contributed by atoms with Crippen molar-refractivity contribution in [1.82, 2.24) is 20.9 Å². The van der Waals surface area contributed by atoms with Crippen molar-refractivity contribution in [3.8, 4) is 0 Å². The average Bonchev–Trinajstić information content (AvgIpc) is 3.27. The largest absolute Gasteiger partial charge is 0.481 e. The number of amides is 6. The van der Waals surface area contributed by atoms with Crippen LogP contribution in [0.1, 0.15) is 46.1 Å². The fourth-order valence-electron chi connectivity index (χ4n) is 3.78. The van der Waals surface area contributed by atoms with Gasteiger partial charge in [0.25, 0.3) is 11.8 Å². The van der Waals surface area contributed by atoms with Crippen LogP contribution in [0.15, 0.2) is 36.4 Å². The van der Waals surface area contributed by atoms with Crippen molar-refractivity contribution in [3.05, 3.63) is 42.0 Å². The quantitative estimate of drug-likeness (QED) is 0.122. The predicted molar refractivity (Wildman–Crippen MR) is 154 cm³/mol. The van der Waals surface area contributed by atoms with E-state index in [0.29, 0.717) is 16.2 Å². The van der Waals surface area contributed by atoms with Gasteiger partial charge in [-0.1, -0.05) is 39.8 Å². The Hall–Kier alpha value is -5.08. The number of carbonyl (C=O) groups excluding carboxylic acids is 7. The summed E-state index contributed by atoms with van der Waals surface area (Å²) < 4.78 is 5.16. The van der Waals surface area contributed by atoms with Gasteiger partial charge in [-0.15, -0.1) is 0 Å². The lowest BCUT2D eigenvalue weighted by atomic mass is 10.0. The molecule has 1 heterocycles. The van der Waals surface area contributed by atoms with Crippen molar-refractivity contribution < 1.29 is 48.2 Å². The summed E-state index contributed by atoms with van der Waals surface area (Å²) >= 11 is 0. The van der Waals surface area contributed by atoms with E-state index in [9.17, 15) is 38.4 Å². The molecule has 0 bridgehead atoms. The molecule has 2 atom stereocenters. The van der Waals surface area contributed by atoms with Crippen LogP contribution in [0.2, 0.25) is 0 Å². The molecule has 0 aromatic heterocycles. The van der Waals surface area contributed by atoms with Gasteiger partial charge in [0.1, 0.15) is 25.2 Å². The molecular weight excluding hydrogens is 578 g/mol. The predicted octanol–water partition coefficient (Wildman–Crippen LogP) is -0.144. The molecule has 1 aliphatic heterocycles. The third kappa shape index (κ3) is 11.3. The smallest absolute Gasteiger partial charge is 0.308 e. The van der Waals surface area contributed by atoms with Crippen LogP contribution >= 0.6 is 0 Å². The van der Waals surface area contributed by atoms with Gasteiger partial charge in [-0.2, -0.15) is 0 Å². The second-order valence-electron chi connectivity index (χ2n) is 10.6. The summed E-state index contributed by atoms with van der Waals surface area (Å²) in [6, 6.07) is 4.00. The molecule has 1 aliphatic rings. The van der Waals surface area contributed by atoms with Crippen molar-refractivity contribution in [2.24, 2.45) is 11.8 Å². The lowest BCUT2D eigenvalue weighted by Crippen LogP contribution is -2.56. The molecule has 1 aromatic carbocycles. The first-order valence-electron chi connectivity index (χ1n) is 13.9. The number of carboxylic acid groups (broad SMARTS) is 1. The van der Waals surface area contributed by atoms with E-state index < -0.39 is 78.9 Å². The zero-order valence-corrected chi connectivity index (χ0v) is 24.9. The van der Waals surface area contributed by atoms with Crippen LogP contribution in [0, 0.1) is 11.8 Å². The molecule has 238 valence electrons. The van der Waals surface area contributed by atoms with E-state index in [1.165, 1.54) is 0 Å². The van der Waals surface area contributed by atoms with Crippen molar-refractivity contribution in [2.45, 2.75) is 59.2 Å². The monoisotopic (exact) mass is 615 g/mol. The van der Waals surface area contributed by atoms with E-state index in [1.54, 1.807) is 52.0 Å². The standard InChI is InChI=1S/C29H37N5O10/c1-16(2)26(28(42)30-13-21(35)31-19-7-5-18(6-8-19)15-44-29(43)17(3)4)33-27(41)20(9-12-25(39)40)32-22(36)14-34-23(37)10-11-24(34)38/h5-8,10-11,16-17,20,26H,9,12-15H2,1-4H3,(H,30,42)(H,31,35)(H,32,36)(H,33,41)(H,39,40). The molecule has 0 radical (unpaired) electrons. The highest BCUT2D eigenvalue weighted by atomic mass is 16.5. The number of hydrogen-bond donors (Lipinski definition) is 5. The van der Waals surface area contributed by atoms with Crippen LogP contribution in [-0.4, -0.2) is 82.6 Å². The van der Waals surface area contributed by atoms with Gasteiger partial charge >= 0.3 is 11.9 Å². The molecule has 0 aliphatic carbocycles. The minimum Gasteiger partial charge on any atom is -0.481 e. The highest BCUT2D eigenvalue weighted by Crippen LogP contribution is 2.12. The van der Waals surface area contributed by atoms with Gasteiger partial charge in [0, 0.05) is 24.3 Å². The number of carbonyl (C=O) groups is 8. The first-order chi connectivity index (χ1) is 20.7. The van der Waals surface area contributed by atoms with Gasteiger partial charge in [-0.25, -0.2) is 0 Å². The number of esters is 1. The summed E-state index contributed by atoms with van der Waals surface area (Å²) in [5.74, 6) is -6.72. The molecule has 5 N–H and O–H groups in total. The summed E-state index contributed by atoms with van der Waals surface area (Å²) in [5, 5.41) is 18.9. The van der Waals surface area contributed by atoms with Gasteiger partial charge in [0.05, 0.1) is 12.5 Å². The Balaban J connectivity index is 1.94. The van der Waals surface area contributed by atoms with Crippen molar-refractivity contribution >= 4 is 53.1 Å². The van der Waals surface area contributed by atoms with Crippen molar-refractivity contribution in [2.75, 3.05) is 18.4 Å². The molecule has 0 fully saturated rings. The minimum atomic E-state index is -1.39. The van der Waals surface area contributed by atoms with E-state index in [1.807, 2.05) is 0 Å². The third-order valence-corrected chi connectivity index (χ3v) is 6.26. The second-order valence-corrected chi connectivity index (χ2v) is 10.6. The molecule has 44 heavy (non-hydrogen) atoms. The first-order valence-corrected chi connectivity index (χ1v) is 13.9. The summed E-state index contributed by atoms with van der Waals surface area (Å²) in [6.07, 6.45) is 1.15. The Morgan fingerprint density at radius 1 is 0.864 bits per heavy atom. The molecule has 15 heteroatoms. The van der Waals surface area contributed by atoms with E-state index in [4.69, 9.17) is 9.84 Å². The van der Waals surface area contributed by atoms with Crippen LogP contribution in [0.5, 0.6) is 0 Å². The zero-order valence-electron chi connectivity index (χ0n) is 24.9. The highest BCUT2D eigenvalue weighted by molar-refractivity contribution is 6.14. The fraction of sp³-hybridized carbons (Fsp3) is 0.448.